The van der Waals surface area contributed by atoms with Gasteiger partial charge in [0.05, 0.1) is 0 Å². The van der Waals surface area contributed by atoms with Crippen LogP contribution in [0.5, 0.6) is 0 Å². The van der Waals surface area contributed by atoms with Crippen LogP contribution < -0.4 is 0 Å². The maximum absolute atomic E-state index is 11.7. The summed E-state index contributed by atoms with van der Waals surface area (Å²) < 4.78 is 6.30. The van der Waals surface area contributed by atoms with Crippen molar-refractivity contribution in [3.8, 4) is 0 Å². The second-order valence-corrected chi connectivity index (χ2v) is 4.77. The molecule has 3 nitrogen and oxygen atoms in total. The van der Waals surface area contributed by atoms with E-state index in [2.05, 4.69) is 0 Å². The smallest absolute Gasteiger partial charge is 0.425 e. The van der Waals surface area contributed by atoms with Crippen molar-refractivity contribution < 1.29 is 9.53 Å². The van der Waals surface area contributed by atoms with Gasteiger partial charge in [-0.3, -0.25) is 0 Å². The molecule has 4 heteroatoms. The lowest BCUT2D eigenvalue weighted by molar-refractivity contribution is 0.170. The molecule has 0 bridgehead atoms. The van der Waals surface area contributed by atoms with Crippen molar-refractivity contribution >= 4 is 17.9 Å². The molecule has 0 atom stereocenters. The zero-order valence-electron chi connectivity index (χ0n) is 10.1. The van der Waals surface area contributed by atoms with Crippen LogP contribution in [0.3, 0.4) is 0 Å². The second-order valence-electron chi connectivity index (χ2n) is 4.43. The highest BCUT2D eigenvalue weighted by molar-refractivity contribution is 6.21. The van der Waals surface area contributed by atoms with E-state index in [-0.39, 0.29) is 6.61 Å². The Morgan fingerprint density at radius 3 is 1.79 bits per heavy atom. The third kappa shape index (κ3) is 1.78. The Hall–Kier alpha value is -2.00. The van der Waals surface area contributed by atoms with Crippen molar-refractivity contribution in [3.63, 3.8) is 0 Å². The zero-order chi connectivity index (χ0) is 13.3. The van der Waals surface area contributed by atoms with Crippen molar-refractivity contribution in [1.82, 2.24) is 4.42 Å². The molecule has 1 saturated heterocycles. The summed E-state index contributed by atoms with van der Waals surface area (Å²) in [5.74, 6) is 0. The molecular formula is C15H12ClNO2. The summed E-state index contributed by atoms with van der Waals surface area (Å²) in [4.78, 5) is 11.7. The first-order valence-corrected chi connectivity index (χ1v) is 6.33. The minimum Gasteiger partial charge on any atom is -0.445 e. The van der Waals surface area contributed by atoms with E-state index in [1.165, 1.54) is 0 Å². The molecule has 1 amide bonds. The number of carbonyl (C=O) groups is 1. The van der Waals surface area contributed by atoms with Crippen LogP contribution in [-0.2, 0) is 10.3 Å². The third-order valence-corrected chi connectivity index (χ3v) is 3.83. The quantitative estimate of drug-likeness (QED) is 0.784. The molecule has 3 rings (SSSR count). The van der Waals surface area contributed by atoms with E-state index < -0.39 is 11.6 Å². The topological polar surface area (TPSA) is 29.5 Å². The Kier molecular flexibility index (Phi) is 2.91. The summed E-state index contributed by atoms with van der Waals surface area (Å²) >= 11 is 6.21. The number of hydrogen-bond acceptors (Lipinski definition) is 2. The molecule has 2 aromatic rings. The summed E-state index contributed by atoms with van der Waals surface area (Å²) in [5.41, 5.74) is 1.10. The highest BCUT2D eigenvalue weighted by atomic mass is 35.5. The number of amides is 1. The lowest BCUT2D eigenvalue weighted by atomic mass is 9.84. The summed E-state index contributed by atoms with van der Waals surface area (Å²) in [6.07, 6.45) is -0.519. The second kappa shape index (κ2) is 4.59. The highest BCUT2D eigenvalue weighted by Crippen LogP contribution is 2.41. The molecule has 0 radical (unpaired) electrons. The molecule has 0 aliphatic carbocycles. The fourth-order valence-corrected chi connectivity index (χ4v) is 2.72. The Labute approximate surface area is 116 Å². The van der Waals surface area contributed by atoms with Crippen LogP contribution in [0.2, 0.25) is 0 Å². The maximum atomic E-state index is 11.7. The van der Waals surface area contributed by atoms with E-state index in [9.17, 15) is 4.79 Å². The Balaban J connectivity index is 2.20. The number of carbonyl (C=O) groups excluding carboxylic acids is 1. The van der Waals surface area contributed by atoms with Crippen molar-refractivity contribution in [2.75, 3.05) is 6.61 Å². The molecule has 0 unspecified atom stereocenters. The van der Waals surface area contributed by atoms with E-state index in [0.717, 1.165) is 15.5 Å². The molecule has 96 valence electrons. The molecule has 1 fully saturated rings. The van der Waals surface area contributed by atoms with Crippen LogP contribution in [0.1, 0.15) is 11.1 Å². The van der Waals surface area contributed by atoms with E-state index >= 15 is 0 Å². The molecule has 0 N–H and O–H groups in total. The third-order valence-electron chi connectivity index (χ3n) is 3.40. The van der Waals surface area contributed by atoms with Crippen LogP contribution in [0.25, 0.3) is 0 Å². The van der Waals surface area contributed by atoms with E-state index in [0.29, 0.717) is 0 Å². The van der Waals surface area contributed by atoms with Gasteiger partial charge in [0.15, 0.2) is 0 Å². The van der Waals surface area contributed by atoms with Gasteiger partial charge in [-0.05, 0) is 11.1 Å². The van der Waals surface area contributed by atoms with Crippen LogP contribution >= 0.6 is 11.8 Å². The molecule has 2 aromatic carbocycles. The average molecular weight is 274 g/mol. The summed E-state index contributed by atoms with van der Waals surface area (Å²) in [6, 6.07) is 19.3. The van der Waals surface area contributed by atoms with Gasteiger partial charge in [-0.1, -0.05) is 60.7 Å². The van der Waals surface area contributed by atoms with Gasteiger partial charge >= 0.3 is 6.09 Å². The highest BCUT2D eigenvalue weighted by Gasteiger charge is 2.50. The predicted octanol–water partition coefficient (Wildman–Crippen LogP) is 3.54. The molecule has 1 aliphatic rings. The molecule has 0 aromatic heterocycles. The number of cyclic esters (lactones) is 1. The first-order valence-electron chi connectivity index (χ1n) is 5.99. The molecule has 0 spiro atoms. The summed E-state index contributed by atoms with van der Waals surface area (Å²) in [6.45, 7) is 0.212. The van der Waals surface area contributed by atoms with Crippen molar-refractivity contribution in [3.05, 3.63) is 71.8 Å². The van der Waals surface area contributed by atoms with Gasteiger partial charge in [0.1, 0.15) is 12.1 Å². The van der Waals surface area contributed by atoms with E-state index in [1.807, 2.05) is 60.7 Å². The molecule has 0 saturated carbocycles. The number of hydrogen-bond donors (Lipinski definition) is 0. The maximum Gasteiger partial charge on any atom is 0.425 e. The number of nitrogens with zero attached hydrogens (tertiary/aromatic N) is 1. The fraction of sp³-hybridized carbons (Fsp3) is 0.133. The molecule has 1 heterocycles. The van der Waals surface area contributed by atoms with Gasteiger partial charge in [-0.2, -0.15) is 0 Å². The molecular weight excluding hydrogens is 262 g/mol. The largest absolute Gasteiger partial charge is 0.445 e. The summed E-state index contributed by atoms with van der Waals surface area (Å²) in [5, 5.41) is 0. The van der Waals surface area contributed by atoms with Crippen molar-refractivity contribution in [1.29, 1.82) is 0 Å². The van der Waals surface area contributed by atoms with Gasteiger partial charge in [-0.15, -0.1) is 0 Å². The Morgan fingerprint density at radius 2 is 1.42 bits per heavy atom. The Bertz CT molecular complexity index is 546. The first kappa shape index (κ1) is 12.1. The number of benzene rings is 2. The normalized spacial score (nSPS) is 17.3. The fourth-order valence-electron chi connectivity index (χ4n) is 2.42. The van der Waals surface area contributed by atoms with E-state index in [1.54, 1.807) is 0 Å². The van der Waals surface area contributed by atoms with Gasteiger partial charge in [0.2, 0.25) is 0 Å². The van der Waals surface area contributed by atoms with Crippen LogP contribution in [0, 0.1) is 0 Å². The first-order chi connectivity index (χ1) is 9.25. The van der Waals surface area contributed by atoms with Gasteiger partial charge in [-0.25, -0.2) is 9.21 Å². The van der Waals surface area contributed by atoms with Crippen molar-refractivity contribution in [2.45, 2.75) is 5.54 Å². The monoisotopic (exact) mass is 273 g/mol. The van der Waals surface area contributed by atoms with Crippen molar-refractivity contribution in [2.24, 2.45) is 0 Å². The zero-order valence-corrected chi connectivity index (χ0v) is 10.9. The molecule has 19 heavy (non-hydrogen) atoms. The standard InChI is InChI=1S/C15H12ClNO2/c16-17-14(18)19-11-15(17,12-7-3-1-4-8-12)13-9-5-2-6-10-13/h1-10H,11H2. The average Bonchev–Trinajstić information content (AvgIpc) is 2.78. The van der Waals surface area contributed by atoms with Crippen LogP contribution in [0.4, 0.5) is 4.79 Å². The number of ether oxygens (including phenoxy) is 1. The summed E-state index contributed by atoms with van der Waals surface area (Å²) in [7, 11) is 0. The SMILES string of the molecule is O=C1OCC(c2ccccc2)(c2ccccc2)N1Cl. The van der Waals surface area contributed by atoms with E-state index in [4.69, 9.17) is 16.5 Å². The van der Waals surface area contributed by atoms with Gasteiger partial charge in [0.25, 0.3) is 0 Å². The number of halogens is 1. The minimum absolute atomic E-state index is 0.212. The molecule has 1 aliphatic heterocycles. The minimum atomic E-state index is -0.763. The Morgan fingerprint density at radius 1 is 0.947 bits per heavy atom. The lowest BCUT2D eigenvalue weighted by Gasteiger charge is -2.31. The van der Waals surface area contributed by atoms with Gasteiger partial charge < -0.3 is 4.74 Å². The predicted molar refractivity (Wildman–Crippen MR) is 72.7 cm³/mol. The van der Waals surface area contributed by atoms with Crippen LogP contribution in [0.15, 0.2) is 60.7 Å². The number of rotatable bonds is 2. The lowest BCUT2D eigenvalue weighted by Crippen LogP contribution is -2.39. The van der Waals surface area contributed by atoms with Crippen LogP contribution in [-0.4, -0.2) is 17.1 Å². The van der Waals surface area contributed by atoms with Gasteiger partial charge in [0, 0.05) is 11.8 Å².